The number of phosphoric ester groups is 1. The van der Waals surface area contributed by atoms with Crippen molar-refractivity contribution >= 4 is 67.5 Å². The Bertz CT molecular complexity index is 1690. The minimum absolute atomic E-state index is 0.0289. The van der Waals surface area contributed by atoms with E-state index in [1.807, 2.05) is 0 Å². The number of nitrogen functional groups attached to an aromatic ring is 1. The van der Waals surface area contributed by atoms with Crippen LogP contribution in [0.15, 0.2) is 12.7 Å². The minimum Gasteiger partial charge on any atom is -0.463 e. The van der Waals surface area contributed by atoms with Crippen LogP contribution in [0, 0.1) is 5.92 Å². The number of aromatic nitrogens is 4. The second kappa shape index (κ2) is 16.0. The molecular formula is C24H32FN5O17P2S. The number of esters is 3. The highest BCUT2D eigenvalue weighted by atomic mass is 32.5. The van der Waals surface area contributed by atoms with Gasteiger partial charge in [-0.1, -0.05) is 0 Å². The van der Waals surface area contributed by atoms with Crippen molar-refractivity contribution in [1.82, 2.24) is 19.5 Å². The zero-order valence-electron chi connectivity index (χ0n) is 26.1. The third-order valence-electron chi connectivity index (χ3n) is 7.05. The lowest BCUT2D eigenvalue weighted by Crippen LogP contribution is -2.60. The molecule has 278 valence electrons. The van der Waals surface area contributed by atoms with E-state index in [4.69, 9.17) is 45.5 Å². The SMILES string of the molecule is CC(=O)OC[C@H](F)C1O[C@@H](OP(=O)(O)OP(O)(=S)OC[C@H]2O[C@@H](n3cnc4c(N)ncnc43)[C@@H](O)[C@H]2O)C(OC(C)=O)C(C=O)[C@@H]1OC(C)=O. The highest BCUT2D eigenvalue weighted by Gasteiger charge is 2.55. The van der Waals surface area contributed by atoms with Gasteiger partial charge in [0.15, 0.2) is 30.0 Å². The number of imidazole rings is 1. The number of carbonyl (C=O) groups is 4. The molecule has 0 bridgehead atoms. The van der Waals surface area contributed by atoms with Gasteiger partial charge in [0.1, 0.15) is 55.3 Å². The number of halogens is 1. The molecular weight excluding hydrogens is 743 g/mol. The molecule has 4 rings (SSSR count). The van der Waals surface area contributed by atoms with Gasteiger partial charge in [-0.3, -0.25) is 23.5 Å². The fourth-order valence-electron chi connectivity index (χ4n) is 5.01. The van der Waals surface area contributed by atoms with Crippen molar-refractivity contribution in [3.8, 4) is 0 Å². The molecule has 6 N–H and O–H groups in total. The molecule has 0 saturated carbocycles. The van der Waals surface area contributed by atoms with E-state index in [-0.39, 0.29) is 23.3 Å². The summed E-state index contributed by atoms with van der Waals surface area (Å²) in [5, 5.41) is 21.2. The van der Waals surface area contributed by atoms with Gasteiger partial charge in [0.05, 0.1) is 18.9 Å². The minimum atomic E-state index is -5.68. The molecule has 22 nitrogen and oxygen atoms in total. The highest BCUT2D eigenvalue weighted by Crippen LogP contribution is 2.62. The smallest absolute Gasteiger partial charge is 0.463 e. The van der Waals surface area contributed by atoms with Gasteiger partial charge in [-0.25, -0.2) is 28.2 Å². The lowest BCUT2D eigenvalue weighted by Gasteiger charge is -2.44. The number of phosphoric acid groups is 1. The predicted molar refractivity (Wildman–Crippen MR) is 161 cm³/mol. The van der Waals surface area contributed by atoms with E-state index in [1.165, 1.54) is 10.9 Å². The number of ether oxygens (including phenoxy) is 5. The van der Waals surface area contributed by atoms with Crippen LogP contribution >= 0.6 is 14.5 Å². The van der Waals surface area contributed by atoms with Crippen molar-refractivity contribution in [1.29, 1.82) is 0 Å². The van der Waals surface area contributed by atoms with E-state index in [9.17, 15) is 43.7 Å². The first-order valence-electron chi connectivity index (χ1n) is 14.2. The average Bonchev–Trinajstić information content (AvgIpc) is 3.56. The van der Waals surface area contributed by atoms with Crippen LogP contribution in [0.5, 0.6) is 0 Å². The molecule has 0 spiro atoms. The predicted octanol–water partition coefficient (Wildman–Crippen LogP) is -1.30. The van der Waals surface area contributed by atoms with Crippen molar-refractivity contribution in [2.24, 2.45) is 5.92 Å². The molecule has 2 aliphatic heterocycles. The number of aldehydes is 1. The number of alkyl halides is 1. The summed E-state index contributed by atoms with van der Waals surface area (Å²) in [5.74, 6) is -4.79. The molecule has 2 aromatic heterocycles. The first kappa shape index (κ1) is 39.7. The molecule has 4 heterocycles. The Kier molecular flexibility index (Phi) is 12.7. The summed E-state index contributed by atoms with van der Waals surface area (Å²) in [6.45, 7) is -3.91. The van der Waals surface area contributed by atoms with Crippen LogP contribution in [0.2, 0.25) is 0 Å². The van der Waals surface area contributed by atoms with Gasteiger partial charge in [-0.15, -0.1) is 0 Å². The van der Waals surface area contributed by atoms with Crippen LogP contribution in [0.1, 0.15) is 27.0 Å². The highest BCUT2D eigenvalue weighted by molar-refractivity contribution is 8.08. The largest absolute Gasteiger partial charge is 0.481 e. The molecule has 2 aromatic rings. The van der Waals surface area contributed by atoms with Crippen LogP contribution < -0.4 is 5.73 Å². The maximum Gasteiger partial charge on any atom is 0.481 e. The van der Waals surface area contributed by atoms with Crippen molar-refractivity contribution in [2.75, 3.05) is 18.9 Å². The number of hydrogen-bond acceptors (Lipinski definition) is 20. The molecule has 0 radical (unpaired) electrons. The topological polar surface area (TPSA) is 310 Å². The van der Waals surface area contributed by atoms with Crippen molar-refractivity contribution in [2.45, 2.75) is 76.1 Å². The third kappa shape index (κ3) is 9.40. The second-order valence-corrected chi connectivity index (χ2v) is 15.1. The van der Waals surface area contributed by atoms with Gasteiger partial charge >= 0.3 is 32.4 Å². The first-order valence-corrected chi connectivity index (χ1v) is 18.3. The summed E-state index contributed by atoms with van der Waals surface area (Å²) < 4.78 is 69.9. The van der Waals surface area contributed by atoms with E-state index in [0.29, 0.717) is 0 Å². The number of aliphatic hydroxyl groups excluding tert-OH is 2. The molecule has 2 aliphatic rings. The number of hydrogen-bond donors (Lipinski definition) is 5. The maximum atomic E-state index is 15.3. The standard InChI is InChI=1S/C24H32FN5O17P2S/c1-9(32)40-5-13(25)20-18(42-10(2)33)12(4-31)19(43-11(3)34)24(45-20)46-48(37,38)47-49(39,50)41-6-14-16(35)17(36)23(44-14)30-8-29-15-21(26)27-7-28-22(15)30/h4,7-8,12-14,16-20,23-24,35-36H,5-6H2,1-3H3,(H,37,38)(H,39,50)(H2,26,27,28)/t12?,13-,14+,16-,17-,18-,19?,20?,23+,24-,49?/m0/s1. The number of nitrogens with zero attached hydrogens (tertiary/aromatic N) is 4. The zero-order chi connectivity index (χ0) is 37.1. The molecule has 2 saturated heterocycles. The van der Waals surface area contributed by atoms with Crippen LogP contribution in [0.25, 0.3) is 11.2 Å². The number of rotatable bonds is 14. The molecule has 0 aromatic carbocycles. The number of fused-ring (bicyclic) bond motifs is 1. The molecule has 26 heteroatoms. The normalized spacial score (nSPS) is 31.2. The zero-order valence-corrected chi connectivity index (χ0v) is 28.7. The molecule has 0 aliphatic carbocycles. The van der Waals surface area contributed by atoms with Gasteiger partial charge < -0.3 is 58.7 Å². The van der Waals surface area contributed by atoms with Crippen LogP contribution in [-0.2, 0) is 72.6 Å². The van der Waals surface area contributed by atoms with Gasteiger partial charge in [0, 0.05) is 20.8 Å². The number of carbonyl (C=O) groups excluding carboxylic acids is 4. The molecule has 12 atom stereocenters. The lowest BCUT2D eigenvalue weighted by atomic mass is 9.88. The summed E-state index contributed by atoms with van der Waals surface area (Å²) in [6.07, 6.45) is -14.1. The maximum absolute atomic E-state index is 15.3. The fourth-order valence-corrected chi connectivity index (χ4v) is 8.10. The summed E-state index contributed by atoms with van der Waals surface area (Å²) in [7, 11) is -5.68. The van der Waals surface area contributed by atoms with Gasteiger partial charge in [0.25, 0.3) is 0 Å². The molecule has 5 unspecified atom stereocenters. The summed E-state index contributed by atoms with van der Waals surface area (Å²) in [5.41, 5.74) is 6.09. The Morgan fingerprint density at radius 2 is 1.74 bits per heavy atom. The second-order valence-electron chi connectivity index (χ2n) is 10.7. The van der Waals surface area contributed by atoms with Crippen molar-refractivity contribution in [3.05, 3.63) is 12.7 Å². The Labute approximate surface area is 285 Å². The Morgan fingerprint density at radius 1 is 1.08 bits per heavy atom. The van der Waals surface area contributed by atoms with E-state index < -0.39 is 107 Å². The van der Waals surface area contributed by atoms with Crippen molar-refractivity contribution < 1.29 is 85.2 Å². The molecule has 50 heavy (non-hydrogen) atoms. The number of anilines is 1. The van der Waals surface area contributed by atoms with Crippen LogP contribution in [-0.4, -0.2) is 126 Å². The number of aliphatic hydroxyl groups is 2. The van der Waals surface area contributed by atoms with E-state index >= 15 is 4.39 Å². The first-order chi connectivity index (χ1) is 23.3. The van der Waals surface area contributed by atoms with Crippen LogP contribution in [0.3, 0.4) is 0 Å². The quantitative estimate of drug-likeness (QED) is 0.0644. The van der Waals surface area contributed by atoms with E-state index in [1.54, 1.807) is 0 Å². The Morgan fingerprint density at radius 3 is 2.36 bits per heavy atom. The average molecular weight is 776 g/mol. The Hall–Kier alpha value is -3.12. The van der Waals surface area contributed by atoms with Crippen molar-refractivity contribution in [3.63, 3.8) is 0 Å². The number of nitrogens with two attached hydrogens (primary N) is 1. The van der Waals surface area contributed by atoms with Gasteiger partial charge in [-0.05, 0) is 11.8 Å². The van der Waals surface area contributed by atoms with Gasteiger partial charge in [-0.2, -0.15) is 0 Å². The van der Waals surface area contributed by atoms with Crippen LogP contribution in [0.4, 0.5) is 10.2 Å². The summed E-state index contributed by atoms with van der Waals surface area (Å²) in [4.78, 5) is 80.1. The lowest BCUT2D eigenvalue weighted by molar-refractivity contribution is -0.276. The monoisotopic (exact) mass is 775 g/mol. The van der Waals surface area contributed by atoms with E-state index in [2.05, 4.69) is 24.0 Å². The Balaban J connectivity index is 1.48. The van der Waals surface area contributed by atoms with Gasteiger partial charge in [0.2, 0.25) is 6.29 Å². The molecule has 2 fully saturated rings. The summed E-state index contributed by atoms with van der Waals surface area (Å²) in [6, 6.07) is 0. The third-order valence-corrected chi connectivity index (χ3v) is 10.6. The fraction of sp³-hybridized carbons (Fsp3) is 0.625. The van der Waals surface area contributed by atoms with E-state index in [0.717, 1.165) is 27.1 Å². The summed E-state index contributed by atoms with van der Waals surface area (Å²) >= 11 is 4.80. The molecule has 0 amide bonds.